The molecule has 1 unspecified atom stereocenters. The molecule has 9 heteroatoms. The number of hydrogen-bond acceptors (Lipinski definition) is 4. The van der Waals surface area contributed by atoms with Crippen molar-refractivity contribution in [3.05, 3.63) is 16.6 Å². The fourth-order valence-corrected chi connectivity index (χ4v) is 4.49. The van der Waals surface area contributed by atoms with Gasteiger partial charge in [-0.2, -0.15) is 13.2 Å². The number of urea groups is 1. The van der Waals surface area contributed by atoms with Gasteiger partial charge < -0.3 is 15.0 Å². The maximum atomic E-state index is 13.5. The number of thiazole rings is 1. The molecule has 3 heterocycles. The lowest BCUT2D eigenvalue weighted by Crippen LogP contribution is -2.58. The molecule has 140 valence electrons. The molecule has 2 amide bonds. The third-order valence-electron chi connectivity index (χ3n) is 5.24. The Kier molecular flexibility index (Phi) is 5.52. The fourth-order valence-electron chi connectivity index (χ4n) is 3.90. The Hall–Kier alpha value is -1.35. The van der Waals surface area contributed by atoms with Crippen molar-refractivity contribution in [3.63, 3.8) is 0 Å². The molecule has 1 spiro atoms. The van der Waals surface area contributed by atoms with Gasteiger partial charge in [-0.1, -0.05) is 0 Å². The summed E-state index contributed by atoms with van der Waals surface area (Å²) < 4.78 is 45.7. The first-order chi connectivity index (χ1) is 11.9. The average molecular weight is 377 g/mol. The second-order valence-corrected chi connectivity index (χ2v) is 7.46. The summed E-state index contributed by atoms with van der Waals surface area (Å²) in [5.74, 6) is -1.36. The molecular formula is C16H22F3N3O2S. The zero-order valence-corrected chi connectivity index (χ0v) is 14.7. The van der Waals surface area contributed by atoms with Gasteiger partial charge in [0, 0.05) is 50.1 Å². The van der Waals surface area contributed by atoms with Crippen LogP contribution in [-0.2, 0) is 11.2 Å². The third kappa shape index (κ3) is 4.25. The minimum atomic E-state index is -4.23. The topological polar surface area (TPSA) is 54.5 Å². The highest BCUT2D eigenvalue weighted by atomic mass is 32.1. The summed E-state index contributed by atoms with van der Waals surface area (Å²) in [7, 11) is 0. The molecule has 0 aliphatic carbocycles. The molecule has 1 aromatic rings. The van der Waals surface area contributed by atoms with Gasteiger partial charge in [-0.25, -0.2) is 9.78 Å². The molecule has 0 bridgehead atoms. The van der Waals surface area contributed by atoms with E-state index in [-0.39, 0.29) is 25.5 Å². The monoisotopic (exact) mass is 377 g/mol. The number of carbonyl (C=O) groups excluding carboxylic acids is 1. The zero-order valence-electron chi connectivity index (χ0n) is 13.8. The molecule has 25 heavy (non-hydrogen) atoms. The number of ether oxygens (including phenoxy) is 1. The Morgan fingerprint density at radius 1 is 1.44 bits per heavy atom. The molecule has 0 aromatic carbocycles. The quantitative estimate of drug-likeness (QED) is 0.881. The molecule has 5 nitrogen and oxygen atoms in total. The van der Waals surface area contributed by atoms with Gasteiger partial charge in [-0.3, -0.25) is 0 Å². The number of nitrogens with zero attached hydrogens (tertiary/aromatic N) is 2. The van der Waals surface area contributed by atoms with Gasteiger partial charge in [0.15, 0.2) is 0 Å². The van der Waals surface area contributed by atoms with E-state index in [1.807, 2.05) is 5.38 Å². The van der Waals surface area contributed by atoms with Crippen molar-refractivity contribution in [3.8, 4) is 0 Å². The molecule has 2 saturated heterocycles. The standard InChI is InChI=1S/C16H22F3N3O2S/c17-16(18,19)13-2-6-22(10-15(13)3-7-24-8-4-15)14(23)20-5-1-12-9-25-11-21-12/h9,11,13H,1-8,10H2,(H,20,23). The van der Waals surface area contributed by atoms with E-state index in [2.05, 4.69) is 10.3 Å². The maximum absolute atomic E-state index is 13.5. The van der Waals surface area contributed by atoms with E-state index in [9.17, 15) is 18.0 Å². The van der Waals surface area contributed by atoms with Crippen LogP contribution in [0.15, 0.2) is 10.9 Å². The number of rotatable bonds is 3. The minimum absolute atomic E-state index is 0.0387. The number of nitrogens with one attached hydrogen (secondary N) is 1. The molecule has 1 atom stereocenters. The summed E-state index contributed by atoms with van der Waals surface area (Å²) in [6.45, 7) is 1.36. The maximum Gasteiger partial charge on any atom is 0.392 e. The number of likely N-dealkylation sites (tertiary alicyclic amines) is 1. The zero-order chi connectivity index (χ0) is 17.9. The van der Waals surface area contributed by atoms with Crippen molar-refractivity contribution >= 4 is 17.4 Å². The van der Waals surface area contributed by atoms with Crippen molar-refractivity contribution in [2.75, 3.05) is 32.8 Å². The molecule has 1 aromatic heterocycles. The number of amides is 2. The number of hydrogen-bond donors (Lipinski definition) is 1. The van der Waals surface area contributed by atoms with Gasteiger partial charge in [0.2, 0.25) is 0 Å². The van der Waals surface area contributed by atoms with Crippen LogP contribution in [0.1, 0.15) is 25.0 Å². The predicted molar refractivity (Wildman–Crippen MR) is 87.4 cm³/mol. The molecule has 2 aliphatic rings. The van der Waals surface area contributed by atoms with Crippen LogP contribution in [-0.4, -0.2) is 54.9 Å². The van der Waals surface area contributed by atoms with Crippen LogP contribution in [0.3, 0.4) is 0 Å². The Labute approximate surface area is 148 Å². The highest BCUT2D eigenvalue weighted by Crippen LogP contribution is 2.50. The third-order valence-corrected chi connectivity index (χ3v) is 5.88. The van der Waals surface area contributed by atoms with Gasteiger partial charge >= 0.3 is 12.2 Å². The van der Waals surface area contributed by atoms with Crippen molar-refractivity contribution in [2.45, 2.75) is 31.9 Å². The van der Waals surface area contributed by atoms with E-state index >= 15 is 0 Å². The van der Waals surface area contributed by atoms with Gasteiger partial charge in [-0.15, -0.1) is 11.3 Å². The molecule has 3 rings (SSSR count). The molecule has 2 fully saturated rings. The van der Waals surface area contributed by atoms with E-state index in [0.717, 1.165) is 5.69 Å². The molecule has 2 aliphatic heterocycles. The van der Waals surface area contributed by atoms with Crippen molar-refractivity contribution in [2.24, 2.45) is 11.3 Å². The lowest BCUT2D eigenvalue weighted by molar-refractivity contribution is -0.232. The predicted octanol–water partition coefficient (Wildman–Crippen LogP) is 3.08. The van der Waals surface area contributed by atoms with Crippen LogP contribution in [0.4, 0.5) is 18.0 Å². The molecular weight excluding hydrogens is 355 g/mol. The second kappa shape index (κ2) is 7.49. The summed E-state index contributed by atoms with van der Waals surface area (Å²) >= 11 is 1.49. The van der Waals surface area contributed by atoms with Crippen molar-refractivity contribution in [1.29, 1.82) is 0 Å². The van der Waals surface area contributed by atoms with Gasteiger partial charge in [0.25, 0.3) is 0 Å². The summed E-state index contributed by atoms with van der Waals surface area (Å²) in [5.41, 5.74) is 1.72. The van der Waals surface area contributed by atoms with Crippen LogP contribution in [0.5, 0.6) is 0 Å². The molecule has 1 N–H and O–H groups in total. The van der Waals surface area contributed by atoms with Gasteiger partial charge in [0.1, 0.15) is 0 Å². The van der Waals surface area contributed by atoms with Crippen molar-refractivity contribution in [1.82, 2.24) is 15.2 Å². The highest BCUT2D eigenvalue weighted by Gasteiger charge is 2.56. The Bertz CT molecular complexity index is 574. The van der Waals surface area contributed by atoms with Gasteiger partial charge in [0.05, 0.1) is 17.1 Å². The number of halogens is 3. The van der Waals surface area contributed by atoms with Gasteiger partial charge in [-0.05, 0) is 19.3 Å². The van der Waals surface area contributed by atoms with E-state index in [1.165, 1.54) is 16.2 Å². The van der Waals surface area contributed by atoms with E-state index in [4.69, 9.17) is 4.74 Å². The van der Waals surface area contributed by atoms with Crippen LogP contribution < -0.4 is 5.32 Å². The second-order valence-electron chi connectivity index (χ2n) is 6.74. The Morgan fingerprint density at radius 3 is 2.84 bits per heavy atom. The van der Waals surface area contributed by atoms with Crippen LogP contribution in [0, 0.1) is 11.3 Å². The summed E-state index contributed by atoms with van der Waals surface area (Å²) in [6, 6.07) is -0.290. The SMILES string of the molecule is O=C(NCCc1cscn1)N1CCC(C(F)(F)F)C2(CCOCC2)C1. The first kappa shape index (κ1) is 18.4. The van der Waals surface area contributed by atoms with E-state index in [0.29, 0.717) is 39.0 Å². The highest BCUT2D eigenvalue weighted by molar-refractivity contribution is 7.07. The van der Waals surface area contributed by atoms with E-state index < -0.39 is 17.5 Å². The summed E-state index contributed by atoms with van der Waals surface area (Å²) in [6.07, 6.45) is -2.96. The first-order valence-electron chi connectivity index (χ1n) is 8.45. The summed E-state index contributed by atoms with van der Waals surface area (Å²) in [4.78, 5) is 18.1. The smallest absolute Gasteiger partial charge is 0.381 e. The number of carbonyl (C=O) groups is 1. The minimum Gasteiger partial charge on any atom is -0.381 e. The number of alkyl halides is 3. The van der Waals surface area contributed by atoms with E-state index in [1.54, 1.807) is 5.51 Å². The summed E-state index contributed by atoms with van der Waals surface area (Å²) in [5, 5.41) is 4.72. The normalized spacial score (nSPS) is 23.6. The molecule has 0 saturated carbocycles. The number of aromatic nitrogens is 1. The van der Waals surface area contributed by atoms with Crippen LogP contribution in [0.25, 0.3) is 0 Å². The Balaban J connectivity index is 1.60. The number of piperidine rings is 1. The van der Waals surface area contributed by atoms with Crippen molar-refractivity contribution < 1.29 is 22.7 Å². The largest absolute Gasteiger partial charge is 0.392 e. The first-order valence-corrected chi connectivity index (χ1v) is 9.39. The van der Waals surface area contributed by atoms with Crippen LogP contribution >= 0.6 is 11.3 Å². The molecule has 0 radical (unpaired) electrons. The fraction of sp³-hybridized carbons (Fsp3) is 0.750. The lowest BCUT2D eigenvalue weighted by Gasteiger charge is -2.50. The lowest BCUT2D eigenvalue weighted by atomic mass is 9.66. The Morgan fingerprint density at radius 2 is 2.20 bits per heavy atom. The average Bonchev–Trinajstić information content (AvgIpc) is 3.07. The van der Waals surface area contributed by atoms with Crippen LogP contribution in [0.2, 0.25) is 0 Å².